The molecule has 72 valence electrons. The Morgan fingerprint density at radius 2 is 2.15 bits per heavy atom. The molecule has 0 amide bonds. The Bertz CT molecular complexity index is 273. The van der Waals surface area contributed by atoms with Crippen LogP contribution in [0.4, 0.5) is 4.39 Å². The molecule has 0 aliphatic heterocycles. The van der Waals surface area contributed by atoms with Gasteiger partial charge >= 0.3 is 0 Å². The summed E-state index contributed by atoms with van der Waals surface area (Å²) in [5, 5.41) is -0.0827. The van der Waals surface area contributed by atoms with Crippen LogP contribution in [0.15, 0.2) is 24.3 Å². The van der Waals surface area contributed by atoms with Crippen LogP contribution in [0.3, 0.4) is 0 Å². The lowest BCUT2D eigenvalue weighted by atomic mass is 9.98. The minimum Gasteiger partial charge on any atom is -0.207 e. The van der Waals surface area contributed by atoms with Crippen molar-refractivity contribution in [3.63, 3.8) is 0 Å². The van der Waals surface area contributed by atoms with Crippen LogP contribution >= 0.6 is 11.6 Å². The molecule has 0 saturated heterocycles. The molecule has 0 heterocycles. The Balaban J connectivity index is 2.82. The minimum absolute atomic E-state index is 0.0827. The number of rotatable bonds is 3. The van der Waals surface area contributed by atoms with E-state index in [-0.39, 0.29) is 11.2 Å². The van der Waals surface area contributed by atoms with Crippen molar-refractivity contribution >= 4 is 11.6 Å². The van der Waals surface area contributed by atoms with Crippen molar-refractivity contribution in [2.75, 3.05) is 0 Å². The third-order valence-electron chi connectivity index (χ3n) is 2.31. The molecule has 1 aromatic rings. The Morgan fingerprint density at radius 3 is 2.69 bits per heavy atom. The molecule has 0 aliphatic rings. The monoisotopic (exact) mass is 200 g/mol. The number of halogens is 2. The van der Waals surface area contributed by atoms with Gasteiger partial charge in [-0.15, -0.1) is 11.6 Å². The van der Waals surface area contributed by atoms with Crippen molar-refractivity contribution in [1.29, 1.82) is 0 Å². The largest absolute Gasteiger partial charge is 0.207 e. The summed E-state index contributed by atoms with van der Waals surface area (Å²) >= 11 is 6.16. The second-order valence-corrected chi connectivity index (χ2v) is 3.81. The molecule has 0 fully saturated rings. The van der Waals surface area contributed by atoms with Crippen LogP contribution in [0, 0.1) is 11.7 Å². The zero-order chi connectivity index (χ0) is 9.84. The van der Waals surface area contributed by atoms with Crippen molar-refractivity contribution in [3.05, 3.63) is 35.6 Å². The molecule has 13 heavy (non-hydrogen) atoms. The van der Waals surface area contributed by atoms with Crippen molar-refractivity contribution in [2.45, 2.75) is 25.6 Å². The Hall–Kier alpha value is -0.560. The zero-order valence-electron chi connectivity index (χ0n) is 7.93. The van der Waals surface area contributed by atoms with E-state index in [1.807, 2.05) is 6.07 Å². The molecule has 1 aromatic carbocycles. The van der Waals surface area contributed by atoms with Gasteiger partial charge in [0, 0.05) is 0 Å². The zero-order valence-corrected chi connectivity index (χ0v) is 8.68. The summed E-state index contributed by atoms with van der Waals surface area (Å²) in [4.78, 5) is 0. The standard InChI is InChI=1S/C11H14ClF/c1-3-8(2)11(12)9-5-4-6-10(13)7-9/h4-8,11H,3H2,1-2H3. The summed E-state index contributed by atoms with van der Waals surface area (Å²) in [7, 11) is 0. The van der Waals surface area contributed by atoms with Crippen molar-refractivity contribution < 1.29 is 4.39 Å². The van der Waals surface area contributed by atoms with Crippen LogP contribution in [0.5, 0.6) is 0 Å². The Labute approximate surface area is 83.7 Å². The second-order valence-electron chi connectivity index (χ2n) is 3.34. The molecule has 1 rings (SSSR count). The van der Waals surface area contributed by atoms with Crippen molar-refractivity contribution in [3.8, 4) is 0 Å². The molecular weight excluding hydrogens is 187 g/mol. The van der Waals surface area contributed by atoms with Crippen LogP contribution in [0.2, 0.25) is 0 Å². The Kier molecular flexibility index (Phi) is 3.73. The van der Waals surface area contributed by atoms with Crippen molar-refractivity contribution in [1.82, 2.24) is 0 Å². The summed E-state index contributed by atoms with van der Waals surface area (Å²) in [6.07, 6.45) is 1.00. The highest BCUT2D eigenvalue weighted by Gasteiger charge is 2.14. The van der Waals surface area contributed by atoms with Gasteiger partial charge in [0.05, 0.1) is 5.38 Å². The lowest BCUT2D eigenvalue weighted by molar-refractivity contribution is 0.538. The van der Waals surface area contributed by atoms with Gasteiger partial charge in [-0.2, -0.15) is 0 Å². The number of alkyl halides is 1. The van der Waals surface area contributed by atoms with Crippen LogP contribution < -0.4 is 0 Å². The van der Waals surface area contributed by atoms with E-state index < -0.39 is 0 Å². The summed E-state index contributed by atoms with van der Waals surface area (Å²) in [6.45, 7) is 4.15. The first kappa shape index (κ1) is 10.5. The first-order chi connectivity index (χ1) is 6.15. The van der Waals surface area contributed by atoms with Gasteiger partial charge in [0.15, 0.2) is 0 Å². The Morgan fingerprint density at radius 1 is 1.46 bits per heavy atom. The van der Waals surface area contributed by atoms with Gasteiger partial charge in [-0.1, -0.05) is 32.4 Å². The van der Waals surface area contributed by atoms with Gasteiger partial charge in [-0.05, 0) is 23.6 Å². The first-order valence-corrected chi connectivity index (χ1v) is 4.98. The van der Waals surface area contributed by atoms with E-state index in [0.29, 0.717) is 5.92 Å². The van der Waals surface area contributed by atoms with E-state index in [1.54, 1.807) is 6.07 Å². The molecule has 0 bridgehead atoms. The lowest BCUT2D eigenvalue weighted by Gasteiger charge is -2.16. The highest BCUT2D eigenvalue weighted by Crippen LogP contribution is 2.30. The number of hydrogen-bond acceptors (Lipinski definition) is 0. The maximum atomic E-state index is 12.8. The predicted octanol–water partition coefficient (Wildman–Crippen LogP) is 4.15. The SMILES string of the molecule is CCC(C)C(Cl)c1cccc(F)c1. The molecule has 2 unspecified atom stereocenters. The maximum Gasteiger partial charge on any atom is 0.123 e. The fraction of sp³-hybridized carbons (Fsp3) is 0.455. The summed E-state index contributed by atoms with van der Waals surface area (Å²) in [5.74, 6) is 0.162. The van der Waals surface area contributed by atoms with Gasteiger partial charge in [-0.25, -0.2) is 4.39 Å². The normalized spacial score (nSPS) is 15.4. The van der Waals surface area contributed by atoms with Gasteiger partial charge in [-0.3, -0.25) is 0 Å². The van der Waals surface area contributed by atoms with E-state index in [1.165, 1.54) is 12.1 Å². The van der Waals surface area contributed by atoms with Crippen LogP contribution in [-0.4, -0.2) is 0 Å². The molecule has 0 nitrogen and oxygen atoms in total. The third kappa shape index (κ3) is 2.70. The van der Waals surface area contributed by atoms with Gasteiger partial charge in [0.2, 0.25) is 0 Å². The van der Waals surface area contributed by atoms with Gasteiger partial charge in [0.25, 0.3) is 0 Å². The van der Waals surface area contributed by atoms with E-state index in [0.717, 1.165) is 12.0 Å². The van der Waals surface area contributed by atoms with E-state index >= 15 is 0 Å². The molecule has 2 heteroatoms. The summed E-state index contributed by atoms with van der Waals surface area (Å²) in [6, 6.07) is 6.50. The number of hydrogen-bond donors (Lipinski definition) is 0. The average Bonchev–Trinajstić information content (AvgIpc) is 2.15. The minimum atomic E-state index is -0.216. The van der Waals surface area contributed by atoms with Gasteiger partial charge in [0.1, 0.15) is 5.82 Å². The van der Waals surface area contributed by atoms with E-state index in [2.05, 4.69) is 13.8 Å². The topological polar surface area (TPSA) is 0 Å². The van der Waals surface area contributed by atoms with Crippen LogP contribution in [0.25, 0.3) is 0 Å². The highest BCUT2D eigenvalue weighted by atomic mass is 35.5. The molecule has 0 radical (unpaired) electrons. The fourth-order valence-corrected chi connectivity index (χ4v) is 1.53. The molecular formula is C11H14ClF. The van der Waals surface area contributed by atoms with Crippen LogP contribution in [0.1, 0.15) is 31.2 Å². The predicted molar refractivity (Wildman–Crippen MR) is 54.4 cm³/mol. The maximum absolute atomic E-state index is 12.8. The second kappa shape index (κ2) is 4.61. The first-order valence-electron chi connectivity index (χ1n) is 4.54. The van der Waals surface area contributed by atoms with Gasteiger partial charge < -0.3 is 0 Å². The van der Waals surface area contributed by atoms with E-state index in [9.17, 15) is 4.39 Å². The summed E-state index contributed by atoms with van der Waals surface area (Å²) < 4.78 is 12.8. The molecule has 0 saturated carbocycles. The molecule has 2 atom stereocenters. The lowest BCUT2D eigenvalue weighted by Crippen LogP contribution is -2.02. The quantitative estimate of drug-likeness (QED) is 0.643. The smallest absolute Gasteiger partial charge is 0.123 e. The fourth-order valence-electron chi connectivity index (χ4n) is 1.21. The van der Waals surface area contributed by atoms with E-state index in [4.69, 9.17) is 11.6 Å². The number of benzene rings is 1. The van der Waals surface area contributed by atoms with Crippen molar-refractivity contribution in [2.24, 2.45) is 5.92 Å². The highest BCUT2D eigenvalue weighted by molar-refractivity contribution is 6.20. The average molecular weight is 201 g/mol. The molecule has 0 N–H and O–H groups in total. The molecule has 0 aliphatic carbocycles. The third-order valence-corrected chi connectivity index (χ3v) is 2.99. The van der Waals surface area contributed by atoms with Crippen LogP contribution in [-0.2, 0) is 0 Å². The summed E-state index contributed by atoms with van der Waals surface area (Å²) in [5.41, 5.74) is 0.871. The molecule has 0 aromatic heterocycles. The molecule has 0 spiro atoms.